The second-order valence-corrected chi connectivity index (χ2v) is 6.53. The fourth-order valence-corrected chi connectivity index (χ4v) is 3.67. The molecule has 1 saturated heterocycles. The summed E-state index contributed by atoms with van der Waals surface area (Å²) in [6, 6.07) is 0.579. The molecule has 2 fully saturated rings. The van der Waals surface area contributed by atoms with Gasteiger partial charge in [-0.15, -0.1) is 5.10 Å². The second kappa shape index (κ2) is 6.70. The minimum absolute atomic E-state index is 0.579. The molecule has 1 aliphatic carbocycles. The molecule has 1 aromatic rings. The quantitative estimate of drug-likeness (QED) is 0.827. The molecule has 0 atom stereocenters. The molecule has 0 amide bonds. The molecule has 3 rings (SSSR count). The van der Waals surface area contributed by atoms with E-state index in [0.29, 0.717) is 12.0 Å². The van der Waals surface area contributed by atoms with E-state index in [4.69, 9.17) is 0 Å². The molecule has 1 saturated carbocycles. The van der Waals surface area contributed by atoms with Crippen LogP contribution in [0.5, 0.6) is 0 Å². The van der Waals surface area contributed by atoms with Gasteiger partial charge in [-0.3, -0.25) is 0 Å². The predicted octanol–water partition coefficient (Wildman–Crippen LogP) is 3.37. The molecule has 0 spiro atoms. The Morgan fingerprint density at radius 2 is 1.90 bits per heavy atom. The molecule has 4 nitrogen and oxygen atoms in total. The van der Waals surface area contributed by atoms with E-state index in [1.54, 1.807) is 0 Å². The smallest absolute Gasteiger partial charge is 0.0858 e. The van der Waals surface area contributed by atoms with Gasteiger partial charge in [0.25, 0.3) is 0 Å². The fourth-order valence-electron chi connectivity index (χ4n) is 3.67. The van der Waals surface area contributed by atoms with Gasteiger partial charge in [-0.25, -0.2) is 4.68 Å². The number of likely N-dealkylation sites (tertiary alicyclic amines) is 1. The first-order valence-electron chi connectivity index (χ1n) is 8.51. The van der Waals surface area contributed by atoms with Crippen LogP contribution in [0.15, 0.2) is 6.20 Å². The van der Waals surface area contributed by atoms with E-state index >= 15 is 0 Å². The maximum Gasteiger partial charge on any atom is 0.0858 e. The largest absolute Gasteiger partial charge is 0.303 e. The van der Waals surface area contributed by atoms with E-state index in [1.807, 2.05) is 0 Å². The van der Waals surface area contributed by atoms with E-state index in [1.165, 1.54) is 76.7 Å². The third kappa shape index (κ3) is 3.22. The Kier molecular flexibility index (Phi) is 4.71. The molecule has 4 heteroatoms. The van der Waals surface area contributed by atoms with Gasteiger partial charge in [0.05, 0.1) is 11.7 Å². The lowest BCUT2D eigenvalue weighted by molar-refractivity contribution is 0.177. The highest BCUT2D eigenvalue weighted by Crippen LogP contribution is 2.33. The van der Waals surface area contributed by atoms with Crippen LogP contribution in [0.25, 0.3) is 0 Å². The van der Waals surface area contributed by atoms with E-state index in [2.05, 4.69) is 33.0 Å². The van der Waals surface area contributed by atoms with Gasteiger partial charge in [0.15, 0.2) is 0 Å². The normalized spacial score (nSPS) is 22.6. The van der Waals surface area contributed by atoms with E-state index in [9.17, 15) is 0 Å². The molecule has 0 N–H and O–H groups in total. The Bertz CT molecular complexity index is 400. The Morgan fingerprint density at radius 3 is 2.60 bits per heavy atom. The summed E-state index contributed by atoms with van der Waals surface area (Å²) >= 11 is 0. The van der Waals surface area contributed by atoms with Crippen molar-refractivity contribution in [3.63, 3.8) is 0 Å². The first-order chi connectivity index (χ1) is 9.86. The third-order valence-electron chi connectivity index (χ3n) is 5.06. The summed E-state index contributed by atoms with van der Waals surface area (Å²) in [6.45, 7) is 5.99. The third-order valence-corrected chi connectivity index (χ3v) is 5.06. The van der Waals surface area contributed by atoms with Crippen molar-refractivity contribution in [2.24, 2.45) is 0 Å². The van der Waals surface area contributed by atoms with Gasteiger partial charge in [0.2, 0.25) is 0 Å². The van der Waals surface area contributed by atoms with Gasteiger partial charge in [-0.05, 0) is 38.6 Å². The summed E-state index contributed by atoms with van der Waals surface area (Å²) in [7, 11) is 0. The lowest BCUT2D eigenvalue weighted by atomic mass is 10.0. The molecular weight excluding hydrogens is 248 g/mol. The Labute approximate surface area is 122 Å². The molecular formula is C16H28N4. The van der Waals surface area contributed by atoms with E-state index in [0.717, 1.165) is 0 Å². The predicted molar refractivity (Wildman–Crippen MR) is 80.9 cm³/mol. The lowest BCUT2D eigenvalue weighted by Crippen LogP contribution is -2.35. The fraction of sp³-hybridized carbons (Fsp3) is 0.875. The monoisotopic (exact) mass is 276 g/mol. The van der Waals surface area contributed by atoms with Gasteiger partial charge >= 0.3 is 0 Å². The van der Waals surface area contributed by atoms with Gasteiger partial charge in [0, 0.05) is 25.2 Å². The molecule has 0 unspecified atom stereocenters. The van der Waals surface area contributed by atoms with Crippen LogP contribution in [0, 0.1) is 0 Å². The average molecular weight is 276 g/mol. The molecule has 2 aliphatic rings. The first kappa shape index (κ1) is 14.1. The van der Waals surface area contributed by atoms with Crippen LogP contribution in [-0.2, 0) is 0 Å². The number of rotatable bonds is 5. The SMILES string of the molecule is CCCCN1CCC(n2cc(C3CCCC3)nn2)CC1. The van der Waals surface area contributed by atoms with Crippen molar-refractivity contribution < 1.29 is 0 Å². The van der Waals surface area contributed by atoms with Crippen LogP contribution < -0.4 is 0 Å². The van der Waals surface area contributed by atoms with Crippen molar-refractivity contribution in [3.8, 4) is 0 Å². The zero-order valence-corrected chi connectivity index (χ0v) is 12.8. The van der Waals surface area contributed by atoms with Crippen LogP contribution in [-0.4, -0.2) is 39.5 Å². The van der Waals surface area contributed by atoms with Crippen molar-refractivity contribution in [3.05, 3.63) is 11.9 Å². The number of unbranched alkanes of at least 4 members (excludes halogenated alkanes) is 1. The van der Waals surface area contributed by atoms with Gasteiger partial charge in [-0.2, -0.15) is 0 Å². The van der Waals surface area contributed by atoms with Gasteiger partial charge in [-0.1, -0.05) is 31.4 Å². The van der Waals surface area contributed by atoms with Crippen molar-refractivity contribution >= 4 is 0 Å². The first-order valence-corrected chi connectivity index (χ1v) is 8.51. The van der Waals surface area contributed by atoms with E-state index in [-0.39, 0.29) is 0 Å². The molecule has 20 heavy (non-hydrogen) atoms. The van der Waals surface area contributed by atoms with Crippen LogP contribution in [0.2, 0.25) is 0 Å². The maximum atomic E-state index is 4.44. The highest BCUT2D eigenvalue weighted by atomic mass is 15.4. The maximum absolute atomic E-state index is 4.44. The number of hydrogen-bond acceptors (Lipinski definition) is 3. The van der Waals surface area contributed by atoms with Crippen molar-refractivity contribution in [2.45, 2.75) is 70.3 Å². The number of nitrogens with zero attached hydrogens (tertiary/aromatic N) is 4. The standard InChI is InChI=1S/C16H28N4/c1-2-3-10-19-11-8-15(9-12-19)20-13-16(17-18-20)14-6-4-5-7-14/h13-15H,2-12H2,1H3. The average Bonchev–Trinajstić information content (AvgIpc) is 3.16. The van der Waals surface area contributed by atoms with Crippen molar-refractivity contribution in [2.75, 3.05) is 19.6 Å². The van der Waals surface area contributed by atoms with Crippen LogP contribution in [0.3, 0.4) is 0 Å². The summed E-state index contributed by atoms with van der Waals surface area (Å²) in [5.74, 6) is 0.688. The highest BCUT2D eigenvalue weighted by molar-refractivity contribution is 5.04. The van der Waals surface area contributed by atoms with Crippen LogP contribution >= 0.6 is 0 Å². The molecule has 1 aromatic heterocycles. The molecule has 2 heterocycles. The Hall–Kier alpha value is -0.900. The summed E-state index contributed by atoms with van der Waals surface area (Å²) in [6.07, 6.45) is 12.7. The summed E-state index contributed by atoms with van der Waals surface area (Å²) in [4.78, 5) is 2.61. The number of piperidine rings is 1. The van der Waals surface area contributed by atoms with Crippen LogP contribution in [0.1, 0.15) is 75.9 Å². The van der Waals surface area contributed by atoms with Gasteiger partial charge in [0.1, 0.15) is 0 Å². The zero-order valence-electron chi connectivity index (χ0n) is 12.8. The number of aromatic nitrogens is 3. The highest BCUT2D eigenvalue weighted by Gasteiger charge is 2.24. The summed E-state index contributed by atoms with van der Waals surface area (Å²) in [5.41, 5.74) is 1.25. The summed E-state index contributed by atoms with van der Waals surface area (Å²) in [5, 5.41) is 8.86. The van der Waals surface area contributed by atoms with E-state index < -0.39 is 0 Å². The lowest BCUT2D eigenvalue weighted by Gasteiger charge is -2.31. The summed E-state index contributed by atoms with van der Waals surface area (Å²) < 4.78 is 2.16. The molecule has 112 valence electrons. The molecule has 1 aliphatic heterocycles. The van der Waals surface area contributed by atoms with Crippen molar-refractivity contribution in [1.82, 2.24) is 19.9 Å². The minimum Gasteiger partial charge on any atom is -0.303 e. The Morgan fingerprint density at radius 1 is 1.15 bits per heavy atom. The van der Waals surface area contributed by atoms with Crippen LogP contribution in [0.4, 0.5) is 0 Å². The van der Waals surface area contributed by atoms with Crippen molar-refractivity contribution in [1.29, 1.82) is 0 Å². The number of hydrogen-bond donors (Lipinski definition) is 0. The second-order valence-electron chi connectivity index (χ2n) is 6.53. The molecule has 0 bridgehead atoms. The molecule has 0 radical (unpaired) electrons. The zero-order chi connectivity index (χ0) is 13.8. The molecule has 0 aromatic carbocycles. The van der Waals surface area contributed by atoms with Gasteiger partial charge < -0.3 is 4.90 Å². The topological polar surface area (TPSA) is 34.0 Å². The minimum atomic E-state index is 0.579. The Balaban J connectivity index is 1.52.